The number of fused-ring (bicyclic) bond motifs is 6. The maximum Gasteiger partial charge on any atom is 0.164 e. The average molecular weight is 728 g/mol. The van der Waals surface area contributed by atoms with Gasteiger partial charge in [-0.05, 0) is 79.2 Å². The average Bonchev–Trinajstić information content (AvgIpc) is 3.67. The van der Waals surface area contributed by atoms with Crippen molar-refractivity contribution < 1.29 is 4.42 Å². The molecule has 266 valence electrons. The maximum absolute atomic E-state index is 6.64. The highest BCUT2D eigenvalue weighted by molar-refractivity contribution is 6.23. The normalized spacial score (nSPS) is 11.5. The molecular formula is C53H33N3O. The molecule has 0 saturated carbocycles. The van der Waals surface area contributed by atoms with Gasteiger partial charge in [0.15, 0.2) is 17.5 Å². The first-order valence-electron chi connectivity index (χ1n) is 19.2. The largest absolute Gasteiger partial charge is 0.456 e. The summed E-state index contributed by atoms with van der Waals surface area (Å²) < 4.78 is 6.64. The third-order valence-corrected chi connectivity index (χ3v) is 11.0. The Bertz CT molecular complexity index is 3260. The number of nitrogens with zero attached hydrogens (tertiary/aromatic N) is 3. The number of hydrogen-bond donors (Lipinski definition) is 0. The summed E-state index contributed by atoms with van der Waals surface area (Å²) in [6, 6.07) is 69.9. The van der Waals surface area contributed by atoms with Crippen LogP contribution in [0.2, 0.25) is 0 Å². The monoisotopic (exact) mass is 727 g/mol. The quantitative estimate of drug-likeness (QED) is 0.171. The van der Waals surface area contributed by atoms with Crippen LogP contribution < -0.4 is 0 Å². The first-order valence-corrected chi connectivity index (χ1v) is 19.2. The van der Waals surface area contributed by atoms with E-state index >= 15 is 0 Å². The molecule has 0 N–H and O–H groups in total. The molecule has 0 radical (unpaired) electrons. The molecule has 0 aliphatic carbocycles. The van der Waals surface area contributed by atoms with Gasteiger partial charge in [-0.2, -0.15) is 0 Å². The van der Waals surface area contributed by atoms with Crippen molar-refractivity contribution in [1.82, 2.24) is 15.0 Å². The zero-order valence-electron chi connectivity index (χ0n) is 30.8. The Balaban J connectivity index is 1.02. The second-order valence-electron chi connectivity index (χ2n) is 14.4. The standard InChI is InChI=1S/C53H33N3O/c1-3-12-34(13-4-1)35-22-24-36(25-23-35)37-26-28-40(29-27-37)52-54-51(39-15-5-2-6-16-39)55-53(56-52)41-30-31-48-47(32-41)50-45-20-10-9-19-44(45)46(33-49(50)57-48)43-21-11-17-38-14-7-8-18-42(38)43/h1-33H. The Labute approximate surface area is 329 Å². The van der Waals surface area contributed by atoms with Crippen LogP contribution in [0.5, 0.6) is 0 Å². The van der Waals surface area contributed by atoms with Gasteiger partial charge in [0, 0.05) is 27.5 Å². The highest BCUT2D eigenvalue weighted by Gasteiger charge is 2.19. The minimum absolute atomic E-state index is 0.604. The van der Waals surface area contributed by atoms with Crippen LogP contribution in [0, 0.1) is 0 Å². The van der Waals surface area contributed by atoms with E-state index in [1.54, 1.807) is 0 Å². The van der Waals surface area contributed by atoms with Gasteiger partial charge in [0.25, 0.3) is 0 Å². The van der Waals surface area contributed by atoms with Crippen LogP contribution in [0.3, 0.4) is 0 Å². The fraction of sp³-hybridized carbons (Fsp3) is 0. The Hall–Kier alpha value is -7.69. The van der Waals surface area contributed by atoms with Gasteiger partial charge in [-0.1, -0.05) is 176 Å². The number of benzene rings is 9. The smallest absolute Gasteiger partial charge is 0.164 e. The lowest BCUT2D eigenvalue weighted by atomic mass is 9.92. The highest BCUT2D eigenvalue weighted by atomic mass is 16.3. The van der Waals surface area contributed by atoms with Gasteiger partial charge in [0.2, 0.25) is 0 Å². The minimum atomic E-state index is 0.604. The topological polar surface area (TPSA) is 51.8 Å². The van der Waals surface area contributed by atoms with Crippen molar-refractivity contribution >= 4 is 43.5 Å². The van der Waals surface area contributed by atoms with E-state index in [0.717, 1.165) is 60.7 Å². The van der Waals surface area contributed by atoms with E-state index in [1.165, 1.54) is 32.8 Å². The third-order valence-electron chi connectivity index (χ3n) is 11.0. The lowest BCUT2D eigenvalue weighted by Gasteiger charge is -2.11. The molecule has 57 heavy (non-hydrogen) atoms. The molecule has 0 fully saturated rings. The fourth-order valence-corrected chi connectivity index (χ4v) is 8.11. The summed E-state index contributed by atoms with van der Waals surface area (Å²) in [5.41, 5.74) is 11.4. The van der Waals surface area contributed by atoms with Gasteiger partial charge in [-0.15, -0.1) is 0 Å². The van der Waals surface area contributed by atoms with Crippen molar-refractivity contribution in [3.63, 3.8) is 0 Å². The van der Waals surface area contributed by atoms with E-state index in [4.69, 9.17) is 19.4 Å². The van der Waals surface area contributed by atoms with Crippen molar-refractivity contribution in [2.45, 2.75) is 0 Å². The zero-order chi connectivity index (χ0) is 37.7. The summed E-state index contributed by atoms with van der Waals surface area (Å²) in [7, 11) is 0. The van der Waals surface area contributed by atoms with Crippen molar-refractivity contribution in [2.75, 3.05) is 0 Å². The second kappa shape index (κ2) is 13.6. The van der Waals surface area contributed by atoms with Crippen LogP contribution in [-0.4, -0.2) is 15.0 Å². The van der Waals surface area contributed by atoms with Crippen LogP contribution in [0.4, 0.5) is 0 Å². The number of furan rings is 1. The molecule has 0 amide bonds. The molecule has 0 aliphatic heterocycles. The summed E-state index contributed by atoms with van der Waals surface area (Å²) in [6.07, 6.45) is 0. The molecule has 11 aromatic rings. The maximum atomic E-state index is 6.64. The van der Waals surface area contributed by atoms with Crippen LogP contribution in [-0.2, 0) is 0 Å². The summed E-state index contributed by atoms with van der Waals surface area (Å²) in [6.45, 7) is 0. The predicted molar refractivity (Wildman–Crippen MR) is 235 cm³/mol. The minimum Gasteiger partial charge on any atom is -0.456 e. The molecule has 9 aromatic carbocycles. The van der Waals surface area contributed by atoms with Gasteiger partial charge in [0.05, 0.1) is 0 Å². The van der Waals surface area contributed by atoms with E-state index in [0.29, 0.717) is 17.5 Å². The molecule has 4 nitrogen and oxygen atoms in total. The molecule has 4 heteroatoms. The summed E-state index contributed by atoms with van der Waals surface area (Å²) >= 11 is 0. The van der Waals surface area contributed by atoms with Crippen LogP contribution >= 0.6 is 0 Å². The van der Waals surface area contributed by atoms with Crippen molar-refractivity contribution in [3.05, 3.63) is 200 Å². The van der Waals surface area contributed by atoms with Crippen LogP contribution in [0.15, 0.2) is 205 Å². The Morgan fingerprint density at radius 3 is 1.42 bits per heavy atom. The van der Waals surface area contributed by atoms with Crippen molar-refractivity contribution in [1.29, 1.82) is 0 Å². The number of aromatic nitrogens is 3. The Morgan fingerprint density at radius 2 is 0.754 bits per heavy atom. The molecule has 0 spiro atoms. The molecule has 0 aliphatic rings. The molecule has 0 atom stereocenters. The first-order chi connectivity index (χ1) is 28.2. The Morgan fingerprint density at radius 1 is 0.281 bits per heavy atom. The Kier molecular flexibility index (Phi) is 7.78. The van der Waals surface area contributed by atoms with E-state index in [2.05, 4.69) is 158 Å². The molecule has 11 rings (SSSR count). The van der Waals surface area contributed by atoms with Crippen molar-refractivity contribution in [3.8, 4) is 67.5 Å². The van der Waals surface area contributed by atoms with Gasteiger partial charge in [0.1, 0.15) is 11.2 Å². The fourth-order valence-electron chi connectivity index (χ4n) is 8.11. The van der Waals surface area contributed by atoms with E-state index in [9.17, 15) is 0 Å². The second-order valence-corrected chi connectivity index (χ2v) is 14.4. The number of hydrogen-bond acceptors (Lipinski definition) is 4. The van der Waals surface area contributed by atoms with Gasteiger partial charge in [-0.3, -0.25) is 0 Å². The molecular weight excluding hydrogens is 695 g/mol. The summed E-state index contributed by atoms with van der Waals surface area (Å²) in [4.78, 5) is 15.2. The third kappa shape index (κ3) is 5.83. The SMILES string of the molecule is c1ccc(-c2ccc(-c3ccc(-c4nc(-c5ccccc5)nc(-c5ccc6oc7cc(-c8cccc9ccccc89)c8ccccc8c7c6c5)n4)cc3)cc2)cc1. The summed E-state index contributed by atoms with van der Waals surface area (Å²) in [5.74, 6) is 1.85. The predicted octanol–water partition coefficient (Wildman–Crippen LogP) is 14.1. The van der Waals surface area contributed by atoms with Crippen molar-refractivity contribution in [2.24, 2.45) is 0 Å². The van der Waals surface area contributed by atoms with Gasteiger partial charge >= 0.3 is 0 Å². The molecule has 0 saturated heterocycles. The van der Waals surface area contributed by atoms with Crippen LogP contribution in [0.1, 0.15) is 0 Å². The zero-order valence-corrected chi connectivity index (χ0v) is 30.8. The lowest BCUT2D eigenvalue weighted by Crippen LogP contribution is -2.00. The van der Waals surface area contributed by atoms with E-state index < -0.39 is 0 Å². The summed E-state index contributed by atoms with van der Waals surface area (Å²) in [5, 5.41) is 6.86. The van der Waals surface area contributed by atoms with Crippen LogP contribution in [0.25, 0.3) is 111 Å². The van der Waals surface area contributed by atoms with Gasteiger partial charge < -0.3 is 4.42 Å². The molecule has 0 unspecified atom stereocenters. The molecule has 0 bridgehead atoms. The molecule has 2 aromatic heterocycles. The van der Waals surface area contributed by atoms with Gasteiger partial charge in [-0.25, -0.2) is 15.0 Å². The van der Waals surface area contributed by atoms with E-state index in [-0.39, 0.29) is 0 Å². The number of rotatable bonds is 6. The van der Waals surface area contributed by atoms with E-state index in [1.807, 2.05) is 42.5 Å². The lowest BCUT2D eigenvalue weighted by molar-refractivity contribution is 0.669. The molecule has 2 heterocycles. The first kappa shape index (κ1) is 32.7. The highest BCUT2D eigenvalue weighted by Crippen LogP contribution is 2.42.